The number of nitrogens with zero attached hydrogens (tertiary/aromatic N) is 3. The molecule has 2 atom stereocenters. The second-order valence-electron chi connectivity index (χ2n) is 9.77. The first-order valence-corrected chi connectivity index (χ1v) is 10.7. The summed E-state index contributed by atoms with van der Waals surface area (Å²) in [6, 6.07) is 3.02. The van der Waals surface area contributed by atoms with Crippen molar-refractivity contribution in [1.82, 2.24) is 25.1 Å². The number of aromatic amines is 1. The van der Waals surface area contributed by atoms with E-state index in [0.717, 1.165) is 19.3 Å². The molecule has 0 spiro atoms. The molecular formula is C22H32N6O3. The van der Waals surface area contributed by atoms with Crippen LogP contribution in [0.4, 0.5) is 5.82 Å². The van der Waals surface area contributed by atoms with Crippen LogP contribution in [0.2, 0.25) is 0 Å². The lowest BCUT2D eigenvalue weighted by molar-refractivity contribution is -0.137. The summed E-state index contributed by atoms with van der Waals surface area (Å²) in [7, 11) is 0. The maximum Gasteiger partial charge on any atom is 0.314 e. The van der Waals surface area contributed by atoms with Gasteiger partial charge in [-0.1, -0.05) is 34.6 Å². The first-order chi connectivity index (χ1) is 14.4. The zero-order valence-electron chi connectivity index (χ0n) is 19.1. The van der Waals surface area contributed by atoms with Gasteiger partial charge >= 0.3 is 11.8 Å². The third kappa shape index (κ3) is 5.59. The van der Waals surface area contributed by atoms with E-state index < -0.39 is 11.8 Å². The van der Waals surface area contributed by atoms with Gasteiger partial charge in [-0.05, 0) is 43.4 Å². The van der Waals surface area contributed by atoms with Gasteiger partial charge in [-0.25, -0.2) is 4.98 Å². The predicted molar refractivity (Wildman–Crippen MR) is 118 cm³/mol. The number of H-pyrrole nitrogens is 1. The van der Waals surface area contributed by atoms with Crippen molar-refractivity contribution in [2.24, 2.45) is 11.3 Å². The fourth-order valence-electron chi connectivity index (χ4n) is 4.49. The standard InChI is InChI=1S/C22H32N6O3/c1-12(2)16-9-18(29)26-21(24-16)28-17(8-14(4)27-28)25-20(31)19(30)23-15-7-13(3)10-22(5,6)11-15/h8-9,12-13,15H,7,10-11H2,1-6H3,(H,23,30)(H,25,31)(H,24,26,29). The van der Waals surface area contributed by atoms with E-state index in [2.05, 4.69) is 46.5 Å². The topological polar surface area (TPSA) is 122 Å². The number of hydrogen-bond donors (Lipinski definition) is 3. The van der Waals surface area contributed by atoms with E-state index in [0.29, 0.717) is 17.3 Å². The third-order valence-corrected chi connectivity index (χ3v) is 5.54. The number of rotatable bonds is 4. The minimum atomic E-state index is -0.778. The molecule has 2 aromatic heterocycles. The molecule has 2 aromatic rings. The van der Waals surface area contributed by atoms with E-state index in [1.807, 2.05) is 13.8 Å². The predicted octanol–water partition coefficient (Wildman–Crippen LogP) is 2.66. The Balaban J connectivity index is 1.77. The van der Waals surface area contributed by atoms with Crippen LogP contribution in [0, 0.1) is 18.3 Å². The molecule has 168 valence electrons. The number of aromatic nitrogens is 4. The van der Waals surface area contributed by atoms with Crippen molar-refractivity contribution in [1.29, 1.82) is 0 Å². The van der Waals surface area contributed by atoms with E-state index in [1.54, 1.807) is 13.0 Å². The Morgan fingerprint density at radius 1 is 1.23 bits per heavy atom. The maximum absolute atomic E-state index is 12.6. The molecule has 0 saturated heterocycles. The van der Waals surface area contributed by atoms with Crippen molar-refractivity contribution in [3.05, 3.63) is 33.9 Å². The van der Waals surface area contributed by atoms with Gasteiger partial charge in [0.1, 0.15) is 5.82 Å². The number of nitrogens with one attached hydrogen (secondary N) is 3. The Hall–Kier alpha value is -2.97. The molecule has 1 aliphatic rings. The van der Waals surface area contributed by atoms with Crippen LogP contribution in [0.1, 0.15) is 71.2 Å². The van der Waals surface area contributed by atoms with Gasteiger partial charge in [0, 0.05) is 18.2 Å². The molecule has 0 aromatic carbocycles. The average Bonchev–Trinajstić information content (AvgIpc) is 2.99. The number of aryl methyl sites for hydroxylation is 1. The summed E-state index contributed by atoms with van der Waals surface area (Å²) in [4.78, 5) is 44.3. The summed E-state index contributed by atoms with van der Waals surface area (Å²) in [5, 5.41) is 9.79. The number of amides is 2. The highest BCUT2D eigenvalue weighted by Crippen LogP contribution is 2.38. The Bertz CT molecular complexity index is 1040. The number of carbonyl (C=O) groups is 2. The van der Waals surface area contributed by atoms with Gasteiger partial charge in [0.05, 0.1) is 11.4 Å². The van der Waals surface area contributed by atoms with Crippen molar-refractivity contribution in [2.75, 3.05) is 5.32 Å². The van der Waals surface area contributed by atoms with E-state index >= 15 is 0 Å². The average molecular weight is 429 g/mol. The quantitative estimate of drug-likeness (QED) is 0.646. The summed E-state index contributed by atoms with van der Waals surface area (Å²) in [6.07, 6.45) is 2.79. The summed E-state index contributed by atoms with van der Waals surface area (Å²) >= 11 is 0. The van der Waals surface area contributed by atoms with Crippen LogP contribution in [0.5, 0.6) is 0 Å². The molecule has 3 N–H and O–H groups in total. The van der Waals surface area contributed by atoms with Gasteiger partial charge < -0.3 is 10.6 Å². The fourth-order valence-corrected chi connectivity index (χ4v) is 4.49. The molecule has 2 heterocycles. The molecule has 31 heavy (non-hydrogen) atoms. The van der Waals surface area contributed by atoms with E-state index in [9.17, 15) is 14.4 Å². The highest BCUT2D eigenvalue weighted by atomic mass is 16.2. The van der Waals surface area contributed by atoms with Crippen LogP contribution < -0.4 is 16.2 Å². The van der Waals surface area contributed by atoms with Crippen LogP contribution in [0.15, 0.2) is 16.9 Å². The smallest absolute Gasteiger partial charge is 0.314 e. The van der Waals surface area contributed by atoms with Gasteiger partial charge in [0.2, 0.25) is 5.95 Å². The molecular weight excluding hydrogens is 396 g/mol. The molecule has 0 radical (unpaired) electrons. The molecule has 2 amide bonds. The van der Waals surface area contributed by atoms with Crippen molar-refractivity contribution in [2.45, 2.75) is 72.8 Å². The second kappa shape index (κ2) is 8.64. The van der Waals surface area contributed by atoms with Gasteiger partial charge in [-0.15, -0.1) is 0 Å². The highest BCUT2D eigenvalue weighted by Gasteiger charge is 2.33. The molecule has 0 bridgehead atoms. The molecule has 0 aliphatic heterocycles. The lowest BCUT2D eigenvalue weighted by Gasteiger charge is -2.39. The largest absolute Gasteiger partial charge is 0.345 e. The molecule has 1 aliphatic carbocycles. The Morgan fingerprint density at radius 2 is 1.94 bits per heavy atom. The Labute approximate surface area is 182 Å². The van der Waals surface area contributed by atoms with Gasteiger partial charge in [-0.3, -0.25) is 19.4 Å². The monoisotopic (exact) mass is 428 g/mol. The zero-order valence-corrected chi connectivity index (χ0v) is 19.1. The Kier molecular flexibility index (Phi) is 6.33. The second-order valence-corrected chi connectivity index (χ2v) is 9.77. The van der Waals surface area contributed by atoms with Crippen LogP contribution in [-0.4, -0.2) is 37.6 Å². The normalized spacial score (nSPS) is 20.5. The van der Waals surface area contributed by atoms with E-state index in [-0.39, 0.29) is 34.7 Å². The molecule has 9 heteroatoms. The van der Waals surface area contributed by atoms with Crippen LogP contribution >= 0.6 is 0 Å². The maximum atomic E-state index is 12.6. The van der Waals surface area contributed by atoms with E-state index in [1.165, 1.54) is 10.7 Å². The van der Waals surface area contributed by atoms with Crippen LogP contribution in [0.25, 0.3) is 5.95 Å². The van der Waals surface area contributed by atoms with Gasteiger partial charge in [-0.2, -0.15) is 9.78 Å². The fraction of sp³-hybridized carbons (Fsp3) is 0.591. The molecule has 1 fully saturated rings. The summed E-state index contributed by atoms with van der Waals surface area (Å²) in [5.41, 5.74) is 1.03. The summed E-state index contributed by atoms with van der Waals surface area (Å²) in [5.74, 6) is -0.486. The van der Waals surface area contributed by atoms with Crippen molar-refractivity contribution < 1.29 is 9.59 Å². The molecule has 3 rings (SSSR count). The lowest BCUT2D eigenvalue weighted by atomic mass is 9.70. The van der Waals surface area contributed by atoms with Crippen molar-refractivity contribution in [3.8, 4) is 5.95 Å². The lowest BCUT2D eigenvalue weighted by Crippen LogP contribution is -2.46. The first-order valence-electron chi connectivity index (χ1n) is 10.7. The van der Waals surface area contributed by atoms with Crippen LogP contribution in [0.3, 0.4) is 0 Å². The minimum absolute atomic E-state index is 0.0376. The number of carbonyl (C=O) groups excluding carboxylic acids is 2. The summed E-state index contributed by atoms with van der Waals surface area (Å²) in [6.45, 7) is 12.1. The molecule has 9 nitrogen and oxygen atoms in total. The number of anilines is 1. The molecule has 2 unspecified atom stereocenters. The van der Waals surface area contributed by atoms with Crippen molar-refractivity contribution in [3.63, 3.8) is 0 Å². The zero-order chi connectivity index (χ0) is 22.9. The first kappa shape index (κ1) is 22.7. The summed E-state index contributed by atoms with van der Waals surface area (Å²) < 4.78 is 1.33. The Morgan fingerprint density at radius 3 is 2.58 bits per heavy atom. The van der Waals surface area contributed by atoms with Gasteiger partial charge in [0.15, 0.2) is 0 Å². The number of hydrogen-bond acceptors (Lipinski definition) is 5. The third-order valence-electron chi connectivity index (χ3n) is 5.54. The van der Waals surface area contributed by atoms with Crippen LogP contribution in [-0.2, 0) is 9.59 Å². The SMILES string of the molecule is Cc1cc(NC(=O)C(=O)NC2CC(C)CC(C)(C)C2)n(-c2nc(C(C)C)cc(=O)[nH]2)n1. The van der Waals surface area contributed by atoms with Crippen molar-refractivity contribution >= 4 is 17.6 Å². The highest BCUT2D eigenvalue weighted by molar-refractivity contribution is 6.39. The minimum Gasteiger partial charge on any atom is -0.345 e. The van der Waals surface area contributed by atoms with Gasteiger partial charge in [0.25, 0.3) is 5.56 Å². The van der Waals surface area contributed by atoms with E-state index in [4.69, 9.17) is 0 Å². The molecule has 1 saturated carbocycles.